The summed E-state index contributed by atoms with van der Waals surface area (Å²) >= 11 is 0. The van der Waals surface area contributed by atoms with Gasteiger partial charge >= 0.3 is 0 Å². The SMILES string of the molecule is O[C@@H](c1ccc2cccnc2c1)[C@H]1CCCCN1. The minimum absolute atomic E-state index is 0.180. The Morgan fingerprint density at radius 3 is 3.06 bits per heavy atom. The highest BCUT2D eigenvalue weighted by Gasteiger charge is 2.22. The summed E-state index contributed by atoms with van der Waals surface area (Å²) in [6.45, 7) is 1.01. The van der Waals surface area contributed by atoms with Crippen molar-refractivity contribution < 1.29 is 5.11 Å². The van der Waals surface area contributed by atoms with Crippen LogP contribution in [0, 0.1) is 0 Å². The summed E-state index contributed by atoms with van der Waals surface area (Å²) in [4.78, 5) is 4.34. The Balaban J connectivity index is 1.88. The van der Waals surface area contributed by atoms with Crippen LogP contribution in [0.4, 0.5) is 0 Å². The summed E-state index contributed by atoms with van der Waals surface area (Å²) in [5.41, 5.74) is 1.91. The van der Waals surface area contributed by atoms with Crippen molar-refractivity contribution in [1.29, 1.82) is 0 Å². The molecular weight excluding hydrogens is 224 g/mol. The molecule has 0 bridgehead atoms. The number of aromatic nitrogens is 1. The first-order chi connectivity index (χ1) is 8.84. The molecule has 2 atom stereocenters. The van der Waals surface area contributed by atoms with Crippen molar-refractivity contribution in [3.8, 4) is 0 Å². The van der Waals surface area contributed by atoms with Crippen molar-refractivity contribution in [2.24, 2.45) is 0 Å². The highest BCUT2D eigenvalue weighted by Crippen LogP contribution is 2.25. The fraction of sp³-hybridized carbons (Fsp3) is 0.400. The van der Waals surface area contributed by atoms with Gasteiger partial charge in [0, 0.05) is 17.6 Å². The summed E-state index contributed by atoms with van der Waals surface area (Å²) < 4.78 is 0. The minimum atomic E-state index is -0.434. The third kappa shape index (κ3) is 2.24. The molecule has 0 aliphatic carbocycles. The fourth-order valence-corrected chi connectivity index (χ4v) is 2.65. The first kappa shape index (κ1) is 11.6. The van der Waals surface area contributed by atoms with Crippen LogP contribution in [0.5, 0.6) is 0 Å². The number of pyridine rings is 1. The Kier molecular flexibility index (Phi) is 3.26. The molecule has 94 valence electrons. The van der Waals surface area contributed by atoms with Crippen LogP contribution in [-0.4, -0.2) is 22.7 Å². The molecule has 3 heteroatoms. The number of nitrogens with one attached hydrogen (secondary N) is 1. The maximum atomic E-state index is 10.4. The third-order valence-corrected chi connectivity index (χ3v) is 3.70. The number of aliphatic hydroxyl groups excluding tert-OH is 1. The molecule has 0 amide bonds. The number of hydrogen-bond acceptors (Lipinski definition) is 3. The predicted molar refractivity (Wildman–Crippen MR) is 72.3 cm³/mol. The van der Waals surface area contributed by atoms with Crippen LogP contribution in [-0.2, 0) is 0 Å². The molecule has 1 saturated heterocycles. The summed E-state index contributed by atoms with van der Waals surface area (Å²) in [5, 5.41) is 14.9. The van der Waals surface area contributed by atoms with Crippen molar-refractivity contribution >= 4 is 10.9 Å². The zero-order valence-corrected chi connectivity index (χ0v) is 10.3. The van der Waals surface area contributed by atoms with Gasteiger partial charge < -0.3 is 10.4 Å². The number of piperidine rings is 1. The van der Waals surface area contributed by atoms with E-state index in [1.807, 2.05) is 30.3 Å². The zero-order valence-electron chi connectivity index (χ0n) is 10.3. The molecule has 2 N–H and O–H groups in total. The van der Waals surface area contributed by atoms with Gasteiger partial charge in [-0.2, -0.15) is 0 Å². The number of fused-ring (bicyclic) bond motifs is 1. The van der Waals surface area contributed by atoms with Crippen molar-refractivity contribution in [1.82, 2.24) is 10.3 Å². The van der Waals surface area contributed by atoms with E-state index in [1.54, 1.807) is 6.20 Å². The van der Waals surface area contributed by atoms with Gasteiger partial charge in [-0.3, -0.25) is 4.98 Å². The molecule has 3 nitrogen and oxygen atoms in total. The van der Waals surface area contributed by atoms with Gasteiger partial charge in [-0.15, -0.1) is 0 Å². The maximum absolute atomic E-state index is 10.4. The molecule has 2 aromatic rings. The fourth-order valence-electron chi connectivity index (χ4n) is 2.65. The molecule has 18 heavy (non-hydrogen) atoms. The molecule has 3 rings (SSSR count). The van der Waals surface area contributed by atoms with Crippen LogP contribution in [0.15, 0.2) is 36.5 Å². The Hall–Kier alpha value is -1.45. The molecule has 0 radical (unpaired) electrons. The third-order valence-electron chi connectivity index (χ3n) is 3.70. The lowest BCUT2D eigenvalue weighted by molar-refractivity contribution is 0.114. The number of rotatable bonds is 2. The topological polar surface area (TPSA) is 45.2 Å². The number of aliphatic hydroxyl groups is 1. The van der Waals surface area contributed by atoms with Crippen molar-refractivity contribution in [3.05, 3.63) is 42.1 Å². The van der Waals surface area contributed by atoms with E-state index >= 15 is 0 Å². The van der Waals surface area contributed by atoms with Gasteiger partial charge in [0.1, 0.15) is 0 Å². The maximum Gasteiger partial charge on any atom is 0.0943 e. The van der Waals surface area contributed by atoms with Gasteiger partial charge in [-0.1, -0.05) is 24.6 Å². The van der Waals surface area contributed by atoms with E-state index < -0.39 is 6.10 Å². The second-order valence-electron chi connectivity index (χ2n) is 4.96. The summed E-state index contributed by atoms with van der Waals surface area (Å²) in [6, 6.07) is 10.2. The average molecular weight is 242 g/mol. The van der Waals surface area contributed by atoms with Gasteiger partial charge in [0.05, 0.1) is 11.6 Å². The lowest BCUT2D eigenvalue weighted by Gasteiger charge is -2.28. The second-order valence-corrected chi connectivity index (χ2v) is 4.96. The lowest BCUT2D eigenvalue weighted by atomic mass is 9.94. The first-order valence-corrected chi connectivity index (χ1v) is 6.61. The van der Waals surface area contributed by atoms with E-state index in [4.69, 9.17) is 0 Å². The predicted octanol–water partition coefficient (Wildman–Crippen LogP) is 2.41. The van der Waals surface area contributed by atoms with Crippen LogP contribution in [0.3, 0.4) is 0 Å². The highest BCUT2D eigenvalue weighted by molar-refractivity contribution is 5.78. The second kappa shape index (κ2) is 5.04. The standard InChI is InChI=1S/C15H18N2O/c18-15(13-5-1-2-8-16-13)12-7-6-11-4-3-9-17-14(11)10-12/h3-4,6-7,9-10,13,15-16,18H,1-2,5,8H2/t13-,15+/m1/s1. The quantitative estimate of drug-likeness (QED) is 0.850. The molecule has 1 fully saturated rings. The highest BCUT2D eigenvalue weighted by atomic mass is 16.3. The van der Waals surface area contributed by atoms with Crippen molar-refractivity contribution in [2.45, 2.75) is 31.4 Å². The smallest absolute Gasteiger partial charge is 0.0943 e. The Morgan fingerprint density at radius 2 is 2.22 bits per heavy atom. The molecule has 1 aliphatic heterocycles. The van der Waals surface area contributed by atoms with Gasteiger partial charge in [-0.05, 0) is 37.1 Å². The monoisotopic (exact) mass is 242 g/mol. The number of nitrogens with zero attached hydrogens (tertiary/aromatic N) is 1. The van der Waals surface area contributed by atoms with Crippen molar-refractivity contribution in [3.63, 3.8) is 0 Å². The summed E-state index contributed by atoms with van der Waals surface area (Å²) in [5.74, 6) is 0. The molecule has 1 aliphatic rings. The Morgan fingerprint density at radius 1 is 1.28 bits per heavy atom. The van der Waals surface area contributed by atoms with Crippen molar-refractivity contribution in [2.75, 3.05) is 6.54 Å². The van der Waals surface area contributed by atoms with Crippen LogP contribution in [0.25, 0.3) is 10.9 Å². The summed E-state index contributed by atoms with van der Waals surface area (Å²) in [6.07, 6.45) is 4.80. The number of benzene rings is 1. The molecular formula is C15H18N2O. The minimum Gasteiger partial charge on any atom is -0.387 e. The van der Waals surface area contributed by atoms with E-state index in [0.29, 0.717) is 0 Å². The Labute approximate surface area is 107 Å². The molecule has 2 heterocycles. The van der Waals surface area contributed by atoms with E-state index in [-0.39, 0.29) is 6.04 Å². The normalized spacial score (nSPS) is 21.9. The first-order valence-electron chi connectivity index (χ1n) is 6.61. The van der Waals surface area contributed by atoms with Gasteiger partial charge in [0.25, 0.3) is 0 Å². The lowest BCUT2D eigenvalue weighted by Crippen LogP contribution is -2.38. The molecule has 0 unspecified atom stereocenters. The zero-order chi connectivity index (χ0) is 12.4. The van der Waals surface area contributed by atoms with Crippen LogP contribution >= 0.6 is 0 Å². The summed E-state index contributed by atoms with van der Waals surface area (Å²) in [7, 11) is 0. The van der Waals surface area contributed by atoms with E-state index in [9.17, 15) is 5.11 Å². The Bertz CT molecular complexity index is 535. The molecule has 1 aromatic heterocycles. The largest absolute Gasteiger partial charge is 0.387 e. The van der Waals surface area contributed by atoms with Crippen LogP contribution in [0.2, 0.25) is 0 Å². The van der Waals surface area contributed by atoms with Gasteiger partial charge in [0.15, 0.2) is 0 Å². The van der Waals surface area contributed by atoms with E-state index in [2.05, 4.69) is 10.3 Å². The van der Waals surface area contributed by atoms with E-state index in [0.717, 1.165) is 29.4 Å². The molecule has 1 aromatic carbocycles. The van der Waals surface area contributed by atoms with E-state index in [1.165, 1.54) is 12.8 Å². The number of hydrogen-bond donors (Lipinski definition) is 2. The van der Waals surface area contributed by atoms with Crippen LogP contribution < -0.4 is 5.32 Å². The molecule has 0 spiro atoms. The molecule has 0 saturated carbocycles. The van der Waals surface area contributed by atoms with Gasteiger partial charge in [0.2, 0.25) is 0 Å². The van der Waals surface area contributed by atoms with Crippen LogP contribution in [0.1, 0.15) is 30.9 Å². The average Bonchev–Trinajstić information content (AvgIpc) is 2.47. The van der Waals surface area contributed by atoms with Gasteiger partial charge in [-0.25, -0.2) is 0 Å².